The highest BCUT2D eigenvalue weighted by atomic mass is 16.2. The predicted octanol–water partition coefficient (Wildman–Crippen LogP) is 2.83. The van der Waals surface area contributed by atoms with Gasteiger partial charge in [0.15, 0.2) is 0 Å². The number of carbonyl (C=O) groups excluding carboxylic acids is 2. The minimum absolute atomic E-state index is 0.0535. The van der Waals surface area contributed by atoms with Gasteiger partial charge in [0, 0.05) is 38.4 Å². The van der Waals surface area contributed by atoms with Crippen LogP contribution in [0.2, 0.25) is 0 Å². The number of nitrogens with zero attached hydrogens (tertiary/aromatic N) is 3. The zero-order valence-electron chi connectivity index (χ0n) is 14.4. The molecule has 1 aromatic heterocycles. The quantitative estimate of drug-likeness (QED) is 0.839. The van der Waals surface area contributed by atoms with E-state index in [0.717, 1.165) is 45.3 Å². The number of likely N-dealkylation sites (tertiary alicyclic amines) is 1. The van der Waals surface area contributed by atoms with E-state index in [4.69, 9.17) is 0 Å². The lowest BCUT2D eigenvalue weighted by atomic mass is 9.99. The Hall–Kier alpha value is -1.91. The molecular weight excluding hydrogens is 290 g/mol. The molecule has 126 valence electrons. The molecule has 0 aliphatic carbocycles. The largest absolute Gasteiger partial charge is 0.342 e. The third-order valence-electron chi connectivity index (χ3n) is 4.49. The maximum atomic E-state index is 12.6. The minimum atomic E-state index is -0.0669. The molecule has 1 saturated heterocycles. The average Bonchev–Trinajstić information content (AvgIpc) is 2.59. The SMILES string of the molecule is CCCCN(C)C(=O)c1ccnc(C(=O)N2CCC(C)CC2)c1. The summed E-state index contributed by atoms with van der Waals surface area (Å²) in [5.74, 6) is 0.553. The van der Waals surface area contributed by atoms with E-state index in [9.17, 15) is 9.59 Å². The van der Waals surface area contributed by atoms with Gasteiger partial charge in [-0.2, -0.15) is 0 Å². The number of amides is 2. The molecule has 0 N–H and O–H groups in total. The van der Waals surface area contributed by atoms with Crippen LogP contribution in [-0.4, -0.2) is 53.3 Å². The van der Waals surface area contributed by atoms with E-state index < -0.39 is 0 Å². The summed E-state index contributed by atoms with van der Waals surface area (Å²) in [7, 11) is 1.80. The maximum Gasteiger partial charge on any atom is 0.272 e. The highest BCUT2D eigenvalue weighted by Gasteiger charge is 2.23. The van der Waals surface area contributed by atoms with Crippen molar-refractivity contribution in [2.24, 2.45) is 5.92 Å². The molecule has 0 radical (unpaired) electrons. The zero-order valence-corrected chi connectivity index (χ0v) is 14.4. The fraction of sp³-hybridized carbons (Fsp3) is 0.611. The van der Waals surface area contributed by atoms with Gasteiger partial charge in [0.25, 0.3) is 11.8 Å². The molecule has 0 atom stereocenters. The maximum absolute atomic E-state index is 12.6. The van der Waals surface area contributed by atoms with Crippen molar-refractivity contribution in [1.82, 2.24) is 14.8 Å². The van der Waals surface area contributed by atoms with Crippen LogP contribution in [0.3, 0.4) is 0 Å². The van der Waals surface area contributed by atoms with Crippen LogP contribution >= 0.6 is 0 Å². The third kappa shape index (κ3) is 4.53. The Balaban J connectivity index is 2.07. The van der Waals surface area contributed by atoms with Gasteiger partial charge < -0.3 is 9.80 Å². The van der Waals surface area contributed by atoms with E-state index >= 15 is 0 Å². The van der Waals surface area contributed by atoms with Gasteiger partial charge in [0.2, 0.25) is 0 Å². The summed E-state index contributed by atoms with van der Waals surface area (Å²) >= 11 is 0. The van der Waals surface area contributed by atoms with Gasteiger partial charge in [-0.3, -0.25) is 14.6 Å². The first kappa shape index (κ1) is 17.4. The smallest absolute Gasteiger partial charge is 0.272 e. The second-order valence-corrected chi connectivity index (χ2v) is 6.48. The van der Waals surface area contributed by atoms with Crippen LogP contribution in [0.5, 0.6) is 0 Å². The summed E-state index contributed by atoms with van der Waals surface area (Å²) < 4.78 is 0. The van der Waals surface area contributed by atoms with Gasteiger partial charge in [0.1, 0.15) is 5.69 Å². The van der Waals surface area contributed by atoms with Crippen molar-refractivity contribution in [3.63, 3.8) is 0 Å². The molecule has 23 heavy (non-hydrogen) atoms. The number of pyridine rings is 1. The molecule has 0 unspecified atom stereocenters. The highest BCUT2D eigenvalue weighted by molar-refractivity contribution is 5.98. The molecule has 1 fully saturated rings. The average molecular weight is 317 g/mol. The summed E-state index contributed by atoms with van der Waals surface area (Å²) in [4.78, 5) is 32.7. The molecule has 0 saturated carbocycles. The molecule has 1 aliphatic rings. The Labute approximate surface area is 138 Å². The number of carbonyl (C=O) groups is 2. The van der Waals surface area contributed by atoms with Crippen LogP contribution in [0, 0.1) is 5.92 Å². The Morgan fingerprint density at radius 2 is 2.04 bits per heavy atom. The van der Waals surface area contributed by atoms with Gasteiger partial charge in [-0.25, -0.2) is 0 Å². The van der Waals surface area contributed by atoms with Crippen molar-refractivity contribution in [3.05, 3.63) is 29.6 Å². The highest BCUT2D eigenvalue weighted by Crippen LogP contribution is 2.18. The van der Waals surface area contributed by atoms with Crippen LogP contribution in [-0.2, 0) is 0 Å². The summed E-state index contributed by atoms with van der Waals surface area (Å²) in [5.41, 5.74) is 0.904. The lowest BCUT2D eigenvalue weighted by Gasteiger charge is -2.30. The number of hydrogen-bond acceptors (Lipinski definition) is 3. The van der Waals surface area contributed by atoms with Crippen molar-refractivity contribution in [3.8, 4) is 0 Å². The molecule has 1 aromatic rings. The van der Waals surface area contributed by atoms with Crippen molar-refractivity contribution < 1.29 is 9.59 Å². The van der Waals surface area contributed by atoms with E-state index in [2.05, 4.69) is 18.8 Å². The van der Waals surface area contributed by atoms with E-state index in [1.807, 2.05) is 4.90 Å². The van der Waals surface area contributed by atoms with Gasteiger partial charge in [0.05, 0.1) is 0 Å². The Bertz CT molecular complexity index is 551. The fourth-order valence-electron chi connectivity index (χ4n) is 2.77. The van der Waals surface area contributed by atoms with Gasteiger partial charge in [-0.1, -0.05) is 20.3 Å². The van der Waals surface area contributed by atoms with E-state index in [-0.39, 0.29) is 11.8 Å². The standard InChI is InChI=1S/C18H27N3O2/c1-4-5-10-20(3)17(22)15-6-9-19-16(13-15)18(23)21-11-7-14(2)8-12-21/h6,9,13-14H,4-5,7-8,10-12H2,1-3H3. The van der Waals surface area contributed by atoms with Gasteiger partial charge in [-0.15, -0.1) is 0 Å². The first-order valence-corrected chi connectivity index (χ1v) is 8.53. The molecule has 0 spiro atoms. The molecule has 0 bridgehead atoms. The van der Waals surface area contributed by atoms with Crippen LogP contribution in [0.4, 0.5) is 0 Å². The predicted molar refractivity (Wildman–Crippen MR) is 90.4 cm³/mol. The first-order chi connectivity index (χ1) is 11.0. The zero-order chi connectivity index (χ0) is 16.8. The lowest BCUT2D eigenvalue weighted by Crippen LogP contribution is -2.38. The monoisotopic (exact) mass is 317 g/mol. The first-order valence-electron chi connectivity index (χ1n) is 8.53. The van der Waals surface area contributed by atoms with Crippen molar-refractivity contribution in [2.45, 2.75) is 39.5 Å². The normalized spacial score (nSPS) is 15.5. The van der Waals surface area contributed by atoms with Crippen LogP contribution < -0.4 is 0 Å². The van der Waals surface area contributed by atoms with E-state index in [0.29, 0.717) is 17.2 Å². The molecule has 2 amide bonds. The number of hydrogen-bond donors (Lipinski definition) is 0. The van der Waals surface area contributed by atoms with Crippen LogP contribution in [0.25, 0.3) is 0 Å². The summed E-state index contributed by atoms with van der Waals surface area (Å²) in [6, 6.07) is 3.31. The fourth-order valence-corrected chi connectivity index (χ4v) is 2.77. The number of unbranched alkanes of at least 4 members (excludes halogenated alkanes) is 1. The van der Waals surface area contributed by atoms with Gasteiger partial charge >= 0.3 is 0 Å². The number of rotatable bonds is 5. The lowest BCUT2D eigenvalue weighted by molar-refractivity contribution is 0.0691. The Morgan fingerprint density at radius 1 is 1.35 bits per heavy atom. The molecule has 2 rings (SSSR count). The van der Waals surface area contributed by atoms with Crippen molar-refractivity contribution >= 4 is 11.8 Å². The second-order valence-electron chi connectivity index (χ2n) is 6.48. The van der Waals surface area contributed by atoms with Crippen molar-refractivity contribution in [1.29, 1.82) is 0 Å². The molecule has 5 nitrogen and oxygen atoms in total. The molecular formula is C18H27N3O2. The molecule has 2 heterocycles. The van der Waals surface area contributed by atoms with E-state index in [1.165, 1.54) is 0 Å². The summed E-state index contributed by atoms with van der Waals surface area (Å²) in [5, 5.41) is 0. The second kappa shape index (κ2) is 8.09. The number of aromatic nitrogens is 1. The summed E-state index contributed by atoms with van der Waals surface area (Å²) in [6.45, 7) is 6.59. The van der Waals surface area contributed by atoms with Gasteiger partial charge in [-0.05, 0) is 37.3 Å². The van der Waals surface area contributed by atoms with Crippen molar-refractivity contribution in [2.75, 3.05) is 26.7 Å². The minimum Gasteiger partial charge on any atom is -0.342 e. The molecule has 0 aromatic carbocycles. The molecule has 5 heteroatoms. The topological polar surface area (TPSA) is 53.5 Å². The van der Waals surface area contributed by atoms with Crippen LogP contribution in [0.1, 0.15) is 60.4 Å². The Morgan fingerprint density at radius 3 is 2.70 bits per heavy atom. The van der Waals surface area contributed by atoms with Crippen LogP contribution in [0.15, 0.2) is 18.3 Å². The Kier molecular flexibility index (Phi) is 6.13. The summed E-state index contributed by atoms with van der Waals surface area (Å²) in [6.07, 6.45) is 5.64. The van der Waals surface area contributed by atoms with E-state index in [1.54, 1.807) is 30.3 Å². The third-order valence-corrected chi connectivity index (χ3v) is 4.49. The molecule has 1 aliphatic heterocycles. The number of piperidine rings is 1.